The van der Waals surface area contributed by atoms with Gasteiger partial charge in [-0.1, -0.05) is 29.8 Å². The highest BCUT2D eigenvalue weighted by molar-refractivity contribution is 6.33. The van der Waals surface area contributed by atoms with Gasteiger partial charge >= 0.3 is 0 Å². The summed E-state index contributed by atoms with van der Waals surface area (Å²) >= 11 is 6.12. The highest BCUT2D eigenvalue weighted by Gasteiger charge is 2.10. The molecule has 104 valence electrons. The Morgan fingerprint density at radius 1 is 1.00 bits per heavy atom. The van der Waals surface area contributed by atoms with Crippen LogP contribution in [0.15, 0.2) is 42.5 Å². The number of anilines is 1. The smallest absolute Gasteiger partial charge is 0.161 e. The molecule has 0 atom stereocenters. The standard InChI is InChI=1S/C16H16ClNO2/c17-13-4-1-2-5-14(13)18-11-12-6-7-15-16(10-12)20-9-3-8-19-15/h1-2,4-7,10,18H,3,8-9,11H2. The van der Waals surface area contributed by atoms with Crippen molar-refractivity contribution in [2.75, 3.05) is 18.5 Å². The first-order valence-electron chi connectivity index (χ1n) is 6.70. The van der Waals surface area contributed by atoms with Crippen LogP contribution in [-0.4, -0.2) is 13.2 Å². The number of benzene rings is 2. The molecule has 1 aliphatic heterocycles. The summed E-state index contributed by atoms with van der Waals surface area (Å²) in [6.45, 7) is 2.11. The van der Waals surface area contributed by atoms with Gasteiger partial charge in [0.25, 0.3) is 0 Å². The van der Waals surface area contributed by atoms with E-state index in [-0.39, 0.29) is 0 Å². The van der Waals surface area contributed by atoms with Gasteiger partial charge in [-0.05, 0) is 29.8 Å². The topological polar surface area (TPSA) is 30.5 Å². The molecule has 4 heteroatoms. The monoisotopic (exact) mass is 289 g/mol. The molecule has 0 unspecified atom stereocenters. The molecule has 2 aromatic carbocycles. The summed E-state index contributed by atoms with van der Waals surface area (Å²) in [5.41, 5.74) is 2.07. The Bertz CT molecular complexity index is 601. The van der Waals surface area contributed by atoms with Crippen LogP contribution in [0, 0.1) is 0 Å². The van der Waals surface area contributed by atoms with E-state index in [4.69, 9.17) is 21.1 Å². The molecule has 3 nitrogen and oxygen atoms in total. The third-order valence-electron chi connectivity index (χ3n) is 3.17. The van der Waals surface area contributed by atoms with Crippen molar-refractivity contribution in [2.45, 2.75) is 13.0 Å². The predicted octanol–water partition coefficient (Wildman–Crippen LogP) is 4.11. The Kier molecular flexibility index (Phi) is 3.97. The zero-order valence-corrected chi connectivity index (χ0v) is 11.8. The molecule has 0 saturated heterocycles. The fourth-order valence-corrected chi connectivity index (χ4v) is 2.32. The highest BCUT2D eigenvalue weighted by Crippen LogP contribution is 2.31. The maximum Gasteiger partial charge on any atom is 0.161 e. The first kappa shape index (κ1) is 13.1. The Hall–Kier alpha value is -1.87. The van der Waals surface area contributed by atoms with Crippen LogP contribution in [0.4, 0.5) is 5.69 Å². The number of hydrogen-bond acceptors (Lipinski definition) is 3. The number of nitrogens with one attached hydrogen (secondary N) is 1. The largest absolute Gasteiger partial charge is 0.490 e. The lowest BCUT2D eigenvalue weighted by Gasteiger charge is -2.11. The number of halogens is 1. The second-order valence-corrected chi connectivity index (χ2v) is 5.07. The molecule has 20 heavy (non-hydrogen) atoms. The van der Waals surface area contributed by atoms with E-state index < -0.39 is 0 Å². The zero-order valence-electron chi connectivity index (χ0n) is 11.1. The minimum Gasteiger partial charge on any atom is -0.490 e. The van der Waals surface area contributed by atoms with Crippen LogP contribution in [0.5, 0.6) is 11.5 Å². The second kappa shape index (κ2) is 6.06. The van der Waals surface area contributed by atoms with Gasteiger partial charge in [0, 0.05) is 13.0 Å². The van der Waals surface area contributed by atoms with Gasteiger partial charge in [0.1, 0.15) is 0 Å². The van der Waals surface area contributed by atoms with Crippen LogP contribution in [0.3, 0.4) is 0 Å². The Morgan fingerprint density at radius 2 is 1.80 bits per heavy atom. The molecule has 0 bridgehead atoms. The average Bonchev–Trinajstić information content (AvgIpc) is 2.71. The molecule has 0 aliphatic carbocycles. The maximum atomic E-state index is 6.12. The lowest BCUT2D eigenvalue weighted by atomic mass is 10.2. The van der Waals surface area contributed by atoms with Crippen LogP contribution >= 0.6 is 11.6 Å². The quantitative estimate of drug-likeness (QED) is 0.922. The Morgan fingerprint density at radius 3 is 2.65 bits per heavy atom. The molecule has 3 rings (SSSR count). The summed E-state index contributed by atoms with van der Waals surface area (Å²) in [7, 11) is 0. The summed E-state index contributed by atoms with van der Waals surface area (Å²) in [4.78, 5) is 0. The van der Waals surface area contributed by atoms with Crippen molar-refractivity contribution in [1.29, 1.82) is 0 Å². The van der Waals surface area contributed by atoms with Crippen molar-refractivity contribution in [3.63, 3.8) is 0 Å². The van der Waals surface area contributed by atoms with Crippen molar-refractivity contribution in [3.8, 4) is 11.5 Å². The number of fused-ring (bicyclic) bond motifs is 1. The van der Waals surface area contributed by atoms with Crippen LogP contribution in [0.1, 0.15) is 12.0 Å². The van der Waals surface area contributed by atoms with Crippen molar-refractivity contribution in [3.05, 3.63) is 53.1 Å². The van der Waals surface area contributed by atoms with Crippen molar-refractivity contribution < 1.29 is 9.47 Å². The van der Waals surface area contributed by atoms with E-state index in [9.17, 15) is 0 Å². The van der Waals surface area contributed by atoms with E-state index in [0.29, 0.717) is 19.8 Å². The fraction of sp³-hybridized carbons (Fsp3) is 0.250. The van der Waals surface area contributed by atoms with E-state index in [2.05, 4.69) is 5.32 Å². The van der Waals surface area contributed by atoms with Crippen molar-refractivity contribution in [2.24, 2.45) is 0 Å². The normalized spacial score (nSPS) is 13.7. The SMILES string of the molecule is Clc1ccccc1NCc1ccc2c(c1)OCCCO2. The zero-order chi connectivity index (χ0) is 13.8. The van der Waals surface area contributed by atoms with E-state index in [1.807, 2.05) is 42.5 Å². The molecule has 0 saturated carbocycles. The second-order valence-electron chi connectivity index (χ2n) is 4.66. The molecule has 0 aromatic heterocycles. The molecular weight excluding hydrogens is 274 g/mol. The minimum atomic E-state index is 0.695. The summed E-state index contributed by atoms with van der Waals surface area (Å²) < 4.78 is 11.3. The third kappa shape index (κ3) is 2.99. The number of para-hydroxylation sites is 1. The first-order valence-corrected chi connectivity index (χ1v) is 7.08. The minimum absolute atomic E-state index is 0.695. The van der Waals surface area contributed by atoms with Crippen LogP contribution in [0.25, 0.3) is 0 Å². The molecule has 2 aromatic rings. The highest BCUT2D eigenvalue weighted by atomic mass is 35.5. The molecule has 0 radical (unpaired) electrons. The molecule has 1 aliphatic rings. The van der Waals surface area contributed by atoms with E-state index in [1.165, 1.54) is 0 Å². The maximum absolute atomic E-state index is 6.12. The van der Waals surface area contributed by atoms with Gasteiger partial charge < -0.3 is 14.8 Å². The van der Waals surface area contributed by atoms with Gasteiger partial charge in [0.15, 0.2) is 11.5 Å². The van der Waals surface area contributed by atoms with Crippen LogP contribution in [0.2, 0.25) is 5.02 Å². The van der Waals surface area contributed by atoms with Crippen molar-refractivity contribution in [1.82, 2.24) is 0 Å². The van der Waals surface area contributed by atoms with Gasteiger partial charge in [-0.15, -0.1) is 0 Å². The van der Waals surface area contributed by atoms with E-state index >= 15 is 0 Å². The number of hydrogen-bond donors (Lipinski definition) is 1. The summed E-state index contributed by atoms with van der Waals surface area (Å²) in [6, 6.07) is 13.7. The molecule has 0 fully saturated rings. The summed E-state index contributed by atoms with van der Waals surface area (Å²) in [6.07, 6.45) is 0.919. The van der Waals surface area contributed by atoms with Crippen LogP contribution < -0.4 is 14.8 Å². The average molecular weight is 290 g/mol. The van der Waals surface area contributed by atoms with Gasteiger partial charge in [0.2, 0.25) is 0 Å². The fourth-order valence-electron chi connectivity index (χ4n) is 2.12. The summed E-state index contributed by atoms with van der Waals surface area (Å²) in [5.74, 6) is 1.64. The van der Waals surface area contributed by atoms with Gasteiger partial charge in [-0.2, -0.15) is 0 Å². The molecule has 1 N–H and O–H groups in total. The van der Waals surface area contributed by atoms with Gasteiger partial charge in [-0.3, -0.25) is 0 Å². The van der Waals surface area contributed by atoms with E-state index in [1.54, 1.807) is 0 Å². The van der Waals surface area contributed by atoms with Crippen molar-refractivity contribution >= 4 is 17.3 Å². The van der Waals surface area contributed by atoms with Gasteiger partial charge in [-0.25, -0.2) is 0 Å². The molecule has 1 heterocycles. The summed E-state index contributed by atoms with van der Waals surface area (Å²) in [5, 5.41) is 4.05. The predicted molar refractivity (Wildman–Crippen MR) is 80.8 cm³/mol. The molecule has 0 amide bonds. The van der Waals surface area contributed by atoms with E-state index in [0.717, 1.165) is 34.2 Å². The number of ether oxygens (including phenoxy) is 2. The lowest BCUT2D eigenvalue weighted by Crippen LogP contribution is -2.01. The third-order valence-corrected chi connectivity index (χ3v) is 3.50. The van der Waals surface area contributed by atoms with Gasteiger partial charge in [0.05, 0.1) is 23.9 Å². The Labute approximate surface area is 123 Å². The Balaban J connectivity index is 1.72. The first-order chi connectivity index (χ1) is 9.83. The number of rotatable bonds is 3. The lowest BCUT2D eigenvalue weighted by molar-refractivity contribution is 0.297. The molecule has 0 spiro atoms. The molecular formula is C16H16ClNO2. The van der Waals surface area contributed by atoms with Crippen LogP contribution in [-0.2, 0) is 6.54 Å².